The molecule has 1 amide bonds. The van der Waals surface area contributed by atoms with E-state index in [0.29, 0.717) is 18.5 Å². The van der Waals surface area contributed by atoms with E-state index < -0.39 is 5.60 Å². The summed E-state index contributed by atoms with van der Waals surface area (Å²) < 4.78 is 5.26. The van der Waals surface area contributed by atoms with Crippen LogP contribution in [0.5, 0.6) is 0 Å². The highest BCUT2D eigenvalue weighted by molar-refractivity contribution is 7.10. The van der Waals surface area contributed by atoms with Crippen molar-refractivity contribution < 1.29 is 9.53 Å². The van der Waals surface area contributed by atoms with Crippen LogP contribution in [0.4, 0.5) is 4.79 Å². The lowest BCUT2D eigenvalue weighted by atomic mass is 10.0. The van der Waals surface area contributed by atoms with Crippen LogP contribution in [0.1, 0.15) is 52.5 Å². The molecule has 0 bridgehead atoms. The topological polar surface area (TPSA) is 50.4 Å². The fourth-order valence-electron chi connectivity index (χ4n) is 2.00. The van der Waals surface area contributed by atoms with Crippen LogP contribution in [0.3, 0.4) is 0 Å². The summed E-state index contributed by atoms with van der Waals surface area (Å²) >= 11 is 1.76. The quantitative estimate of drug-likeness (QED) is 0.836. The average molecular weight is 312 g/mol. The monoisotopic (exact) mass is 312 g/mol. The number of carbonyl (C=O) groups is 1. The molecule has 0 aliphatic carbocycles. The second-order valence-electron chi connectivity index (χ2n) is 6.69. The van der Waals surface area contributed by atoms with Crippen LogP contribution in [0, 0.1) is 5.92 Å². The van der Waals surface area contributed by atoms with Gasteiger partial charge in [-0.3, -0.25) is 0 Å². The van der Waals surface area contributed by atoms with Crippen molar-refractivity contribution in [2.24, 2.45) is 5.92 Å². The molecule has 0 aliphatic rings. The molecule has 1 heterocycles. The summed E-state index contributed by atoms with van der Waals surface area (Å²) in [5.41, 5.74) is -0.464. The molecule has 21 heavy (non-hydrogen) atoms. The smallest absolute Gasteiger partial charge is 0.407 e. The molecule has 0 spiro atoms. The first-order valence-corrected chi connectivity index (χ1v) is 8.33. The molecular weight excluding hydrogens is 284 g/mol. The molecule has 0 aliphatic heterocycles. The van der Waals surface area contributed by atoms with E-state index in [1.807, 2.05) is 27.7 Å². The molecule has 0 saturated carbocycles. The van der Waals surface area contributed by atoms with Gasteiger partial charge in [0.25, 0.3) is 0 Å². The van der Waals surface area contributed by atoms with E-state index in [-0.39, 0.29) is 12.1 Å². The number of rotatable bonds is 6. The molecule has 0 saturated heterocycles. The number of nitrogens with one attached hydrogen (secondary N) is 2. The van der Waals surface area contributed by atoms with E-state index in [9.17, 15) is 4.79 Å². The summed E-state index contributed by atoms with van der Waals surface area (Å²) in [4.78, 5) is 13.0. The van der Waals surface area contributed by atoms with Crippen molar-refractivity contribution in [3.05, 3.63) is 22.4 Å². The first kappa shape index (κ1) is 18.0. The molecule has 1 rings (SSSR count). The van der Waals surface area contributed by atoms with Gasteiger partial charge in [0.05, 0.1) is 0 Å². The number of ether oxygens (including phenoxy) is 1. The largest absolute Gasteiger partial charge is 0.444 e. The van der Waals surface area contributed by atoms with Crippen LogP contribution < -0.4 is 10.6 Å². The van der Waals surface area contributed by atoms with Crippen molar-refractivity contribution >= 4 is 17.4 Å². The Morgan fingerprint density at radius 3 is 2.48 bits per heavy atom. The third-order valence-electron chi connectivity index (χ3n) is 2.92. The maximum Gasteiger partial charge on any atom is 0.407 e. The zero-order valence-electron chi connectivity index (χ0n) is 13.9. The predicted molar refractivity (Wildman–Crippen MR) is 88.7 cm³/mol. The van der Waals surface area contributed by atoms with Crippen molar-refractivity contribution in [1.82, 2.24) is 10.6 Å². The Kier molecular flexibility index (Phi) is 6.68. The van der Waals surface area contributed by atoms with Crippen molar-refractivity contribution in [3.63, 3.8) is 0 Å². The van der Waals surface area contributed by atoms with Crippen LogP contribution in [0.25, 0.3) is 0 Å². The molecule has 5 heteroatoms. The normalized spacial score (nSPS) is 14.8. The van der Waals surface area contributed by atoms with Crippen molar-refractivity contribution in [3.8, 4) is 0 Å². The van der Waals surface area contributed by atoms with Gasteiger partial charge in [-0.2, -0.15) is 0 Å². The minimum absolute atomic E-state index is 0.0149. The van der Waals surface area contributed by atoms with E-state index in [4.69, 9.17) is 4.74 Å². The maximum absolute atomic E-state index is 11.7. The fourth-order valence-corrected chi connectivity index (χ4v) is 2.97. The molecule has 0 radical (unpaired) electrons. The first-order chi connectivity index (χ1) is 9.69. The lowest BCUT2D eigenvalue weighted by Gasteiger charge is -2.25. The van der Waals surface area contributed by atoms with Crippen molar-refractivity contribution in [1.29, 1.82) is 0 Å². The average Bonchev–Trinajstić information content (AvgIpc) is 2.79. The van der Waals surface area contributed by atoms with E-state index in [1.54, 1.807) is 11.3 Å². The van der Waals surface area contributed by atoms with Gasteiger partial charge in [0.1, 0.15) is 5.60 Å². The summed E-state index contributed by atoms with van der Waals surface area (Å²) in [6, 6.07) is 4.54. The van der Waals surface area contributed by atoms with Gasteiger partial charge in [-0.15, -0.1) is 11.3 Å². The Morgan fingerprint density at radius 2 is 2.00 bits per heavy atom. The lowest BCUT2D eigenvalue weighted by Crippen LogP contribution is -2.43. The lowest BCUT2D eigenvalue weighted by molar-refractivity contribution is 0.0507. The minimum Gasteiger partial charge on any atom is -0.444 e. The van der Waals surface area contributed by atoms with E-state index >= 15 is 0 Å². The van der Waals surface area contributed by atoms with Gasteiger partial charge in [0.15, 0.2) is 0 Å². The zero-order chi connectivity index (χ0) is 16.0. The highest BCUT2D eigenvalue weighted by Crippen LogP contribution is 2.25. The van der Waals surface area contributed by atoms with E-state index in [0.717, 1.165) is 0 Å². The minimum atomic E-state index is -0.464. The van der Waals surface area contributed by atoms with Crippen LogP contribution in [-0.2, 0) is 4.74 Å². The Bertz CT molecular complexity index is 424. The molecule has 1 aromatic heterocycles. The maximum atomic E-state index is 11.7. The number of amides is 1. The first-order valence-electron chi connectivity index (χ1n) is 7.45. The molecule has 120 valence electrons. The third kappa shape index (κ3) is 6.96. The molecule has 1 aromatic rings. The van der Waals surface area contributed by atoms with Gasteiger partial charge in [-0.25, -0.2) is 4.79 Å². The standard InChI is InChI=1S/C16H28N2O2S/c1-11(2)14(13-8-7-9-21-13)17-10-12(3)18-15(19)20-16(4,5)6/h7-9,11-12,14,17H,10H2,1-6H3,(H,18,19). The van der Waals surface area contributed by atoms with Gasteiger partial charge in [0, 0.05) is 23.5 Å². The molecule has 2 atom stereocenters. The van der Waals surface area contributed by atoms with E-state index in [1.165, 1.54) is 4.88 Å². The highest BCUT2D eigenvalue weighted by Gasteiger charge is 2.20. The summed E-state index contributed by atoms with van der Waals surface area (Å²) in [6.45, 7) is 12.7. The SMILES string of the molecule is CC(CNC(c1cccs1)C(C)C)NC(=O)OC(C)(C)C. The molecule has 2 unspecified atom stereocenters. The van der Waals surface area contributed by atoms with Gasteiger partial charge in [0.2, 0.25) is 0 Å². The molecular formula is C16H28N2O2S. The third-order valence-corrected chi connectivity index (χ3v) is 3.88. The van der Waals surface area contributed by atoms with E-state index in [2.05, 4.69) is 42.0 Å². The summed E-state index contributed by atoms with van der Waals surface area (Å²) in [5, 5.41) is 8.48. The summed E-state index contributed by atoms with van der Waals surface area (Å²) in [6.07, 6.45) is -0.367. The fraction of sp³-hybridized carbons (Fsp3) is 0.688. The van der Waals surface area contributed by atoms with Gasteiger partial charge < -0.3 is 15.4 Å². The number of hydrogen-bond donors (Lipinski definition) is 2. The van der Waals surface area contributed by atoms with Crippen LogP contribution in [-0.4, -0.2) is 24.3 Å². The van der Waals surface area contributed by atoms with Crippen molar-refractivity contribution in [2.45, 2.75) is 59.2 Å². The molecule has 2 N–H and O–H groups in total. The second-order valence-corrected chi connectivity index (χ2v) is 7.67. The Hall–Kier alpha value is -1.07. The molecule has 0 aromatic carbocycles. The van der Waals surface area contributed by atoms with Crippen LogP contribution >= 0.6 is 11.3 Å². The number of alkyl carbamates (subject to hydrolysis) is 1. The number of hydrogen-bond acceptors (Lipinski definition) is 4. The second kappa shape index (κ2) is 7.80. The molecule has 4 nitrogen and oxygen atoms in total. The highest BCUT2D eigenvalue weighted by atomic mass is 32.1. The van der Waals surface area contributed by atoms with Gasteiger partial charge >= 0.3 is 6.09 Å². The zero-order valence-corrected chi connectivity index (χ0v) is 14.7. The molecule has 0 fully saturated rings. The Labute approximate surface area is 132 Å². The Balaban J connectivity index is 2.44. The van der Waals surface area contributed by atoms with Crippen LogP contribution in [0.15, 0.2) is 17.5 Å². The Morgan fingerprint density at radius 1 is 1.33 bits per heavy atom. The van der Waals surface area contributed by atoms with Crippen molar-refractivity contribution in [2.75, 3.05) is 6.54 Å². The van der Waals surface area contributed by atoms with Gasteiger partial charge in [-0.05, 0) is 45.1 Å². The summed E-state index contributed by atoms with van der Waals surface area (Å²) in [5.74, 6) is 0.498. The van der Waals surface area contributed by atoms with Gasteiger partial charge in [-0.1, -0.05) is 19.9 Å². The predicted octanol–water partition coefficient (Wildman–Crippen LogP) is 3.95. The summed E-state index contributed by atoms with van der Waals surface area (Å²) in [7, 11) is 0. The number of carbonyl (C=O) groups excluding carboxylic acids is 1. The number of thiophene rings is 1. The van der Waals surface area contributed by atoms with Crippen LogP contribution in [0.2, 0.25) is 0 Å².